The zero-order valence-corrected chi connectivity index (χ0v) is 20.6. The van der Waals surface area contributed by atoms with Gasteiger partial charge in [0.1, 0.15) is 11.6 Å². The van der Waals surface area contributed by atoms with E-state index in [4.69, 9.17) is 9.72 Å². The molecule has 1 N–H and O–H groups in total. The lowest BCUT2D eigenvalue weighted by atomic mass is 10.1. The van der Waals surface area contributed by atoms with E-state index in [1.807, 2.05) is 42.5 Å². The van der Waals surface area contributed by atoms with Crippen LogP contribution in [-0.4, -0.2) is 22.1 Å². The largest absolute Gasteiger partial charge is 0.493 e. The van der Waals surface area contributed by atoms with Crippen molar-refractivity contribution >= 4 is 32.9 Å². The maximum absolute atomic E-state index is 12.6. The first-order valence-corrected chi connectivity index (χ1v) is 12.0. The molecule has 5 nitrogen and oxygen atoms in total. The number of rotatable bonds is 9. The molecule has 170 valence electrons. The van der Waals surface area contributed by atoms with Crippen molar-refractivity contribution in [2.24, 2.45) is 0 Å². The Kier molecular flexibility index (Phi) is 7.45. The zero-order valence-electron chi connectivity index (χ0n) is 19.0. The monoisotopic (exact) mass is 505 g/mol. The molecule has 33 heavy (non-hydrogen) atoms. The van der Waals surface area contributed by atoms with E-state index in [0.29, 0.717) is 18.7 Å². The number of unbranched alkanes of at least 4 members (excludes halogenated alkanes) is 1. The summed E-state index contributed by atoms with van der Waals surface area (Å²) in [4.78, 5) is 17.3. The van der Waals surface area contributed by atoms with Crippen LogP contribution in [0, 0.1) is 13.8 Å². The first-order valence-electron chi connectivity index (χ1n) is 11.2. The molecule has 6 heteroatoms. The van der Waals surface area contributed by atoms with Gasteiger partial charge in [0.15, 0.2) is 0 Å². The molecular formula is C27H28BrN3O2. The number of fused-ring (bicyclic) bond motifs is 1. The van der Waals surface area contributed by atoms with Gasteiger partial charge in [-0.2, -0.15) is 0 Å². The van der Waals surface area contributed by atoms with Gasteiger partial charge in [-0.15, -0.1) is 0 Å². The highest BCUT2D eigenvalue weighted by Gasteiger charge is 2.12. The number of hydrogen-bond acceptors (Lipinski definition) is 3. The predicted octanol–water partition coefficient (Wildman–Crippen LogP) is 6.20. The van der Waals surface area contributed by atoms with E-state index >= 15 is 0 Å². The molecule has 0 unspecified atom stereocenters. The second-order valence-corrected chi connectivity index (χ2v) is 9.03. The van der Waals surface area contributed by atoms with Crippen molar-refractivity contribution in [2.45, 2.75) is 39.8 Å². The Hall–Kier alpha value is -3.12. The first-order chi connectivity index (χ1) is 16.0. The van der Waals surface area contributed by atoms with E-state index in [-0.39, 0.29) is 5.91 Å². The molecule has 0 radical (unpaired) electrons. The summed E-state index contributed by atoms with van der Waals surface area (Å²) in [6.45, 7) is 6.07. The standard InChI is InChI=1S/C27H28BrN3O2/c1-19-8-7-11-25(20(19)2)33-17-6-5-16-31-24-10-4-3-9-23(24)30-26(31)18-29-27(32)21-12-14-22(28)15-13-21/h3-4,7-15H,5-6,16-18H2,1-2H3,(H,29,32). The van der Waals surface area contributed by atoms with Crippen LogP contribution in [0.15, 0.2) is 71.2 Å². The lowest BCUT2D eigenvalue weighted by Gasteiger charge is -2.12. The summed E-state index contributed by atoms with van der Waals surface area (Å²) in [7, 11) is 0. The summed E-state index contributed by atoms with van der Waals surface area (Å²) in [6.07, 6.45) is 1.89. The maximum atomic E-state index is 12.6. The zero-order chi connectivity index (χ0) is 23.2. The van der Waals surface area contributed by atoms with Gasteiger partial charge in [0.25, 0.3) is 5.91 Å². The number of aryl methyl sites for hydroxylation is 2. The minimum absolute atomic E-state index is 0.108. The van der Waals surface area contributed by atoms with Gasteiger partial charge in [0, 0.05) is 16.6 Å². The van der Waals surface area contributed by atoms with Gasteiger partial charge < -0.3 is 14.6 Å². The average molecular weight is 506 g/mol. The van der Waals surface area contributed by atoms with Crippen molar-refractivity contribution in [1.82, 2.24) is 14.9 Å². The summed E-state index contributed by atoms with van der Waals surface area (Å²) >= 11 is 3.40. The minimum Gasteiger partial charge on any atom is -0.493 e. The molecule has 0 spiro atoms. The van der Waals surface area contributed by atoms with Gasteiger partial charge in [-0.3, -0.25) is 4.79 Å². The summed E-state index contributed by atoms with van der Waals surface area (Å²) in [5.74, 6) is 1.71. The van der Waals surface area contributed by atoms with Crippen LogP contribution in [0.3, 0.4) is 0 Å². The van der Waals surface area contributed by atoms with E-state index < -0.39 is 0 Å². The molecular weight excluding hydrogens is 478 g/mol. The summed E-state index contributed by atoms with van der Waals surface area (Å²) < 4.78 is 9.16. The second-order valence-electron chi connectivity index (χ2n) is 8.11. The van der Waals surface area contributed by atoms with Crippen molar-refractivity contribution in [1.29, 1.82) is 0 Å². The van der Waals surface area contributed by atoms with Gasteiger partial charge in [-0.05, 0) is 80.3 Å². The number of amides is 1. The smallest absolute Gasteiger partial charge is 0.251 e. The predicted molar refractivity (Wildman–Crippen MR) is 136 cm³/mol. The van der Waals surface area contributed by atoms with Gasteiger partial charge in [-0.1, -0.05) is 40.2 Å². The number of aromatic nitrogens is 2. The van der Waals surface area contributed by atoms with Crippen molar-refractivity contribution in [2.75, 3.05) is 6.61 Å². The Balaban J connectivity index is 1.38. The van der Waals surface area contributed by atoms with Gasteiger partial charge in [-0.25, -0.2) is 4.98 Å². The van der Waals surface area contributed by atoms with Crippen molar-refractivity contribution < 1.29 is 9.53 Å². The molecule has 4 rings (SSSR count). The lowest BCUT2D eigenvalue weighted by Crippen LogP contribution is -2.24. The average Bonchev–Trinajstić information content (AvgIpc) is 3.18. The topological polar surface area (TPSA) is 56.1 Å². The van der Waals surface area contributed by atoms with Crippen molar-refractivity contribution in [3.05, 3.63) is 93.7 Å². The molecule has 0 aliphatic rings. The van der Waals surface area contributed by atoms with Crippen molar-refractivity contribution in [3.63, 3.8) is 0 Å². The van der Waals surface area contributed by atoms with E-state index in [1.54, 1.807) is 12.1 Å². The van der Waals surface area contributed by atoms with E-state index in [9.17, 15) is 4.79 Å². The van der Waals surface area contributed by atoms with Crippen LogP contribution in [0.1, 0.15) is 40.2 Å². The molecule has 0 saturated heterocycles. The third-order valence-electron chi connectivity index (χ3n) is 5.84. The molecule has 1 heterocycles. The fraction of sp³-hybridized carbons (Fsp3) is 0.259. The highest BCUT2D eigenvalue weighted by molar-refractivity contribution is 9.10. The number of nitrogens with zero attached hydrogens (tertiary/aromatic N) is 2. The molecule has 4 aromatic rings. The molecule has 3 aromatic carbocycles. The molecule has 0 atom stereocenters. The third kappa shape index (κ3) is 5.63. The Morgan fingerprint density at radius 2 is 1.79 bits per heavy atom. The number of halogens is 1. The fourth-order valence-electron chi connectivity index (χ4n) is 3.81. The molecule has 0 aliphatic carbocycles. The minimum atomic E-state index is -0.108. The second kappa shape index (κ2) is 10.7. The summed E-state index contributed by atoms with van der Waals surface area (Å²) in [5.41, 5.74) is 5.09. The fourth-order valence-corrected chi connectivity index (χ4v) is 4.07. The summed E-state index contributed by atoms with van der Waals surface area (Å²) in [6, 6.07) is 21.6. The number of nitrogens with one attached hydrogen (secondary N) is 1. The first kappa shape index (κ1) is 23.1. The van der Waals surface area contributed by atoms with Gasteiger partial charge >= 0.3 is 0 Å². The van der Waals surface area contributed by atoms with Crippen LogP contribution in [0.2, 0.25) is 0 Å². The van der Waals surface area contributed by atoms with Crippen LogP contribution in [-0.2, 0) is 13.1 Å². The van der Waals surface area contributed by atoms with Crippen LogP contribution in [0.4, 0.5) is 0 Å². The number of para-hydroxylation sites is 2. The van der Waals surface area contributed by atoms with Gasteiger partial charge in [0.05, 0.1) is 24.2 Å². The lowest BCUT2D eigenvalue weighted by molar-refractivity contribution is 0.0949. The molecule has 0 fully saturated rings. The van der Waals surface area contributed by atoms with Crippen LogP contribution >= 0.6 is 15.9 Å². The number of imidazole rings is 1. The highest BCUT2D eigenvalue weighted by atomic mass is 79.9. The van der Waals surface area contributed by atoms with Crippen molar-refractivity contribution in [3.8, 4) is 5.75 Å². The highest BCUT2D eigenvalue weighted by Crippen LogP contribution is 2.21. The van der Waals surface area contributed by atoms with Crippen LogP contribution in [0.25, 0.3) is 11.0 Å². The van der Waals surface area contributed by atoms with E-state index in [0.717, 1.165) is 46.5 Å². The normalized spacial score (nSPS) is 11.0. The number of benzene rings is 3. The quantitative estimate of drug-likeness (QED) is 0.275. The van der Waals surface area contributed by atoms with Crippen LogP contribution < -0.4 is 10.1 Å². The number of hydrogen-bond donors (Lipinski definition) is 1. The summed E-state index contributed by atoms with van der Waals surface area (Å²) in [5, 5.41) is 3.01. The Bertz CT molecular complexity index is 1250. The van der Waals surface area contributed by atoms with E-state index in [2.05, 4.69) is 51.8 Å². The molecule has 1 amide bonds. The third-order valence-corrected chi connectivity index (χ3v) is 6.36. The SMILES string of the molecule is Cc1cccc(OCCCCn2c(CNC(=O)c3ccc(Br)cc3)nc3ccccc32)c1C. The Morgan fingerprint density at radius 1 is 1.00 bits per heavy atom. The Labute approximate surface area is 202 Å². The van der Waals surface area contributed by atoms with Crippen LogP contribution in [0.5, 0.6) is 5.75 Å². The molecule has 1 aromatic heterocycles. The molecule has 0 saturated carbocycles. The Morgan fingerprint density at radius 3 is 2.61 bits per heavy atom. The number of carbonyl (C=O) groups excluding carboxylic acids is 1. The number of carbonyl (C=O) groups is 1. The maximum Gasteiger partial charge on any atom is 0.251 e. The number of ether oxygens (including phenoxy) is 1. The van der Waals surface area contributed by atoms with Gasteiger partial charge in [0.2, 0.25) is 0 Å². The molecule has 0 bridgehead atoms. The van der Waals surface area contributed by atoms with E-state index in [1.165, 1.54) is 11.1 Å². The molecule has 0 aliphatic heterocycles.